The van der Waals surface area contributed by atoms with E-state index in [0.29, 0.717) is 12.8 Å². The molecule has 0 radical (unpaired) electrons. The van der Waals surface area contributed by atoms with Crippen LogP contribution in [0.15, 0.2) is 83.7 Å². The van der Waals surface area contributed by atoms with Crippen molar-refractivity contribution in [3.05, 3.63) is 116 Å². The molecule has 0 fully saturated rings. The summed E-state index contributed by atoms with van der Waals surface area (Å²) in [5.74, 6) is 6.41. The van der Waals surface area contributed by atoms with Crippen molar-refractivity contribution in [2.75, 3.05) is 0 Å². The molecule has 1 aromatic heterocycles. The predicted molar refractivity (Wildman–Crippen MR) is 116 cm³/mol. The van der Waals surface area contributed by atoms with E-state index in [9.17, 15) is 4.79 Å². The molecule has 0 spiro atoms. The molecule has 0 unspecified atom stereocenters. The van der Waals surface area contributed by atoms with Gasteiger partial charge in [0.1, 0.15) is 0 Å². The summed E-state index contributed by atoms with van der Waals surface area (Å²) in [5.41, 5.74) is 4.71. The van der Waals surface area contributed by atoms with Crippen LogP contribution in [0.4, 0.5) is 0 Å². The highest BCUT2D eigenvalue weighted by Crippen LogP contribution is 2.15. The number of H-pyrrole nitrogens is 1. The number of aromatic amines is 1. The Bertz CT molecular complexity index is 1230. The number of halogens is 1. The van der Waals surface area contributed by atoms with Gasteiger partial charge in [-0.2, -0.15) is 0 Å². The highest BCUT2D eigenvalue weighted by molar-refractivity contribution is 6.30. The standard InChI is InChI=1S/C25H18ClNO/c26-23-12-9-18(10-13-23)7-4-8-20-11-14-24-21(15-20)17-22(25(28)27-24)16-19-5-2-1-3-6-19/h1-3,5-6,9-15,17H,7,16H2,(H,27,28). The van der Waals surface area contributed by atoms with E-state index in [1.165, 1.54) is 0 Å². The number of hydrogen-bond acceptors (Lipinski definition) is 1. The van der Waals surface area contributed by atoms with Gasteiger partial charge in [0.15, 0.2) is 0 Å². The number of pyridine rings is 1. The molecule has 0 atom stereocenters. The molecule has 0 amide bonds. The van der Waals surface area contributed by atoms with E-state index in [2.05, 4.69) is 16.8 Å². The number of benzene rings is 3. The summed E-state index contributed by atoms with van der Waals surface area (Å²) >= 11 is 5.91. The average molecular weight is 384 g/mol. The van der Waals surface area contributed by atoms with Gasteiger partial charge in [-0.3, -0.25) is 4.79 Å². The van der Waals surface area contributed by atoms with E-state index in [4.69, 9.17) is 11.6 Å². The normalized spacial score (nSPS) is 10.5. The number of rotatable bonds is 3. The molecule has 1 N–H and O–H groups in total. The number of nitrogens with one attached hydrogen (secondary N) is 1. The minimum absolute atomic E-state index is 0.0436. The molecule has 3 heteroatoms. The quantitative estimate of drug-likeness (QED) is 0.474. The lowest BCUT2D eigenvalue weighted by molar-refractivity contribution is 1.12. The minimum atomic E-state index is -0.0436. The van der Waals surface area contributed by atoms with Crippen LogP contribution in [0.2, 0.25) is 5.02 Å². The Balaban J connectivity index is 1.59. The predicted octanol–water partition coefficient (Wildman–Crippen LogP) is 5.37. The lowest BCUT2D eigenvalue weighted by Gasteiger charge is -2.04. The molecule has 1 heterocycles. The van der Waals surface area contributed by atoms with E-state index in [-0.39, 0.29) is 5.56 Å². The first-order valence-corrected chi connectivity index (χ1v) is 9.48. The van der Waals surface area contributed by atoms with Crippen LogP contribution in [0.3, 0.4) is 0 Å². The summed E-state index contributed by atoms with van der Waals surface area (Å²) < 4.78 is 0. The minimum Gasteiger partial charge on any atom is -0.322 e. The molecule has 4 rings (SSSR count). The van der Waals surface area contributed by atoms with Gasteiger partial charge in [-0.15, -0.1) is 0 Å². The van der Waals surface area contributed by atoms with Crippen molar-refractivity contribution >= 4 is 22.5 Å². The van der Waals surface area contributed by atoms with Crippen LogP contribution >= 0.6 is 11.6 Å². The van der Waals surface area contributed by atoms with Crippen LogP contribution in [0, 0.1) is 11.8 Å². The molecule has 4 aromatic rings. The summed E-state index contributed by atoms with van der Waals surface area (Å²) in [6.07, 6.45) is 1.28. The number of fused-ring (bicyclic) bond motifs is 1. The maximum absolute atomic E-state index is 12.4. The molecule has 3 aromatic carbocycles. The molecule has 0 saturated carbocycles. The van der Waals surface area contributed by atoms with Crippen molar-refractivity contribution < 1.29 is 0 Å². The van der Waals surface area contributed by atoms with Crippen LogP contribution in [0.5, 0.6) is 0 Å². The van der Waals surface area contributed by atoms with Crippen LogP contribution in [0.25, 0.3) is 10.9 Å². The van der Waals surface area contributed by atoms with Gasteiger partial charge in [-0.05, 0) is 52.9 Å². The Morgan fingerprint density at radius 1 is 0.857 bits per heavy atom. The smallest absolute Gasteiger partial charge is 0.251 e. The second-order valence-corrected chi connectivity index (χ2v) is 7.13. The zero-order valence-corrected chi connectivity index (χ0v) is 16.0. The van der Waals surface area contributed by atoms with Crippen molar-refractivity contribution in [1.29, 1.82) is 0 Å². The summed E-state index contributed by atoms with van der Waals surface area (Å²) in [5, 5.41) is 1.72. The van der Waals surface area contributed by atoms with Gasteiger partial charge in [0.05, 0.1) is 0 Å². The fourth-order valence-corrected chi connectivity index (χ4v) is 3.25. The van der Waals surface area contributed by atoms with Crippen LogP contribution in [-0.2, 0) is 12.8 Å². The first kappa shape index (κ1) is 18.1. The fourth-order valence-electron chi connectivity index (χ4n) is 3.13. The van der Waals surface area contributed by atoms with Gasteiger partial charge in [-0.1, -0.05) is 65.9 Å². The van der Waals surface area contributed by atoms with Gasteiger partial charge >= 0.3 is 0 Å². The third kappa shape index (κ3) is 4.34. The van der Waals surface area contributed by atoms with E-state index in [0.717, 1.165) is 38.2 Å². The molecule has 28 heavy (non-hydrogen) atoms. The summed E-state index contributed by atoms with van der Waals surface area (Å²) in [4.78, 5) is 15.4. The second kappa shape index (κ2) is 8.17. The highest BCUT2D eigenvalue weighted by atomic mass is 35.5. The monoisotopic (exact) mass is 383 g/mol. The fraction of sp³-hybridized carbons (Fsp3) is 0.0800. The van der Waals surface area contributed by atoms with Crippen molar-refractivity contribution in [3.63, 3.8) is 0 Å². The number of aromatic nitrogens is 1. The highest BCUT2D eigenvalue weighted by Gasteiger charge is 2.05. The Morgan fingerprint density at radius 3 is 2.43 bits per heavy atom. The zero-order valence-electron chi connectivity index (χ0n) is 15.2. The molecule has 0 bridgehead atoms. The van der Waals surface area contributed by atoms with Gasteiger partial charge in [-0.25, -0.2) is 0 Å². The largest absolute Gasteiger partial charge is 0.322 e. The third-order valence-electron chi connectivity index (χ3n) is 4.60. The van der Waals surface area contributed by atoms with Gasteiger partial charge in [0.2, 0.25) is 0 Å². The molecule has 0 aliphatic heterocycles. The van der Waals surface area contributed by atoms with Crippen molar-refractivity contribution in [2.24, 2.45) is 0 Å². The molecule has 136 valence electrons. The summed E-state index contributed by atoms with van der Waals surface area (Å²) in [7, 11) is 0. The van der Waals surface area contributed by atoms with Gasteiger partial charge in [0, 0.05) is 34.5 Å². The molecule has 0 saturated heterocycles. The molecule has 0 aliphatic rings. The van der Waals surface area contributed by atoms with Crippen molar-refractivity contribution in [3.8, 4) is 11.8 Å². The van der Waals surface area contributed by atoms with E-state index < -0.39 is 0 Å². The van der Waals surface area contributed by atoms with E-state index in [1.54, 1.807) is 0 Å². The van der Waals surface area contributed by atoms with E-state index >= 15 is 0 Å². The molecular formula is C25H18ClNO. The topological polar surface area (TPSA) is 32.9 Å². The van der Waals surface area contributed by atoms with Gasteiger partial charge in [0.25, 0.3) is 5.56 Å². The first-order chi connectivity index (χ1) is 13.7. The molecular weight excluding hydrogens is 366 g/mol. The van der Waals surface area contributed by atoms with Crippen LogP contribution in [-0.4, -0.2) is 4.98 Å². The Kier molecular flexibility index (Phi) is 5.28. The average Bonchev–Trinajstić information content (AvgIpc) is 2.71. The zero-order chi connectivity index (χ0) is 19.3. The van der Waals surface area contributed by atoms with Crippen molar-refractivity contribution in [2.45, 2.75) is 12.8 Å². The lowest BCUT2D eigenvalue weighted by Crippen LogP contribution is -2.12. The second-order valence-electron chi connectivity index (χ2n) is 6.69. The molecule has 0 aliphatic carbocycles. The van der Waals surface area contributed by atoms with Crippen LogP contribution < -0.4 is 5.56 Å². The lowest BCUT2D eigenvalue weighted by atomic mass is 10.0. The van der Waals surface area contributed by atoms with Gasteiger partial charge < -0.3 is 4.98 Å². The first-order valence-electron chi connectivity index (χ1n) is 9.10. The van der Waals surface area contributed by atoms with Crippen molar-refractivity contribution in [1.82, 2.24) is 4.98 Å². The Hall–Kier alpha value is -3.28. The Morgan fingerprint density at radius 2 is 1.64 bits per heavy atom. The Labute approximate surface area is 168 Å². The maximum Gasteiger partial charge on any atom is 0.251 e. The molecule has 2 nitrogen and oxygen atoms in total. The van der Waals surface area contributed by atoms with E-state index in [1.807, 2.05) is 78.9 Å². The van der Waals surface area contributed by atoms with Crippen LogP contribution in [0.1, 0.15) is 22.3 Å². The summed E-state index contributed by atoms with van der Waals surface area (Å²) in [6.45, 7) is 0. The third-order valence-corrected chi connectivity index (χ3v) is 4.85. The number of hydrogen-bond donors (Lipinski definition) is 1. The summed E-state index contributed by atoms with van der Waals surface area (Å²) in [6, 6.07) is 25.6. The SMILES string of the molecule is O=c1[nH]c2ccc(C#CCc3ccc(Cl)cc3)cc2cc1Cc1ccccc1. The maximum atomic E-state index is 12.4.